The predicted molar refractivity (Wildman–Crippen MR) is 128 cm³/mol. The molecule has 3 aliphatic heterocycles. The lowest BCUT2D eigenvalue weighted by Gasteiger charge is -2.31. The highest BCUT2D eigenvalue weighted by Gasteiger charge is 2.32. The van der Waals surface area contributed by atoms with Crippen molar-refractivity contribution in [3.63, 3.8) is 0 Å². The first-order valence-corrected chi connectivity index (χ1v) is 11.9. The number of aryl methyl sites for hydroxylation is 1. The number of carbonyl (C=O) groups excluding carboxylic acids is 1. The maximum absolute atomic E-state index is 13.2. The zero-order valence-electron chi connectivity index (χ0n) is 19.1. The number of likely N-dealkylation sites (tertiary alicyclic amines) is 1. The summed E-state index contributed by atoms with van der Waals surface area (Å²) in [5, 5.41) is 0. The van der Waals surface area contributed by atoms with E-state index in [1.807, 2.05) is 24.4 Å². The fourth-order valence-corrected chi connectivity index (χ4v) is 5.46. The van der Waals surface area contributed by atoms with E-state index in [9.17, 15) is 4.79 Å². The summed E-state index contributed by atoms with van der Waals surface area (Å²) in [5.74, 6) is 1.85. The number of nitrogens with zero attached hydrogens (tertiary/aromatic N) is 4. The van der Waals surface area contributed by atoms with E-state index in [1.54, 1.807) is 7.11 Å². The van der Waals surface area contributed by atoms with Crippen molar-refractivity contribution in [3.8, 4) is 5.75 Å². The van der Waals surface area contributed by atoms with Crippen LogP contribution in [-0.4, -0.2) is 60.7 Å². The molecule has 0 amide bonds. The molecule has 0 bridgehead atoms. The standard InChI is InChI=1S/C26H32N4O2/c1-3-18-14-20(32-2)15-23-25(18)24(31)16-22(28-23)21-9-6-10-27-26(21)30-13-7-8-19(30)17-29-11-4-5-12-29/h6,9-10,14-15,19H,3-5,7-8,11-13,16-17H2,1-2H3/t19-/m0/s1. The first kappa shape index (κ1) is 21.1. The van der Waals surface area contributed by atoms with Crippen LogP contribution in [0.2, 0.25) is 0 Å². The number of anilines is 1. The molecule has 0 radical (unpaired) electrons. The highest BCUT2D eigenvalue weighted by Crippen LogP contribution is 2.37. The van der Waals surface area contributed by atoms with Crippen LogP contribution in [0.3, 0.4) is 0 Å². The van der Waals surface area contributed by atoms with Crippen molar-refractivity contribution in [1.29, 1.82) is 0 Å². The van der Waals surface area contributed by atoms with Gasteiger partial charge in [0.25, 0.3) is 0 Å². The number of benzene rings is 1. The third-order valence-electron chi connectivity index (χ3n) is 7.07. The number of rotatable bonds is 6. The molecule has 1 aromatic carbocycles. The van der Waals surface area contributed by atoms with Crippen LogP contribution in [0.1, 0.15) is 60.5 Å². The zero-order valence-corrected chi connectivity index (χ0v) is 19.1. The Bertz CT molecular complexity index is 1040. The average Bonchev–Trinajstić information content (AvgIpc) is 3.50. The maximum atomic E-state index is 13.2. The van der Waals surface area contributed by atoms with E-state index in [0.717, 1.165) is 59.2 Å². The molecule has 2 fully saturated rings. The van der Waals surface area contributed by atoms with Crippen molar-refractivity contribution in [2.75, 3.05) is 38.2 Å². The fraction of sp³-hybridized carbons (Fsp3) is 0.500. The molecule has 0 unspecified atom stereocenters. The summed E-state index contributed by atoms with van der Waals surface area (Å²) < 4.78 is 5.48. The number of ketones is 1. The second-order valence-electron chi connectivity index (χ2n) is 9.06. The highest BCUT2D eigenvalue weighted by atomic mass is 16.5. The van der Waals surface area contributed by atoms with Crippen LogP contribution in [0, 0.1) is 0 Å². The SMILES string of the molecule is CCc1cc(OC)cc2c1C(=O)CC(c1cccnc1N1CCC[C@H]1CN1CCCC1)=N2. The number of carbonyl (C=O) groups is 1. The van der Waals surface area contributed by atoms with E-state index in [4.69, 9.17) is 14.7 Å². The third-order valence-corrected chi connectivity index (χ3v) is 7.07. The lowest BCUT2D eigenvalue weighted by Crippen LogP contribution is -2.40. The lowest BCUT2D eigenvalue weighted by molar-refractivity contribution is 0.0999. The van der Waals surface area contributed by atoms with E-state index < -0.39 is 0 Å². The monoisotopic (exact) mass is 432 g/mol. The number of hydrogen-bond donors (Lipinski definition) is 0. The summed E-state index contributed by atoms with van der Waals surface area (Å²) in [7, 11) is 1.66. The molecule has 6 heteroatoms. The third kappa shape index (κ3) is 3.92. The molecule has 2 aromatic rings. The van der Waals surface area contributed by atoms with Gasteiger partial charge >= 0.3 is 0 Å². The number of methoxy groups -OCH3 is 1. The molecular formula is C26H32N4O2. The number of ether oxygens (including phenoxy) is 1. The Morgan fingerprint density at radius 1 is 1.16 bits per heavy atom. The normalized spacial score (nSPS) is 21.1. The first-order chi connectivity index (χ1) is 15.7. The Labute approximate surface area is 190 Å². The molecule has 0 saturated carbocycles. The summed E-state index contributed by atoms with van der Waals surface area (Å²) in [6.45, 7) is 6.59. The van der Waals surface area contributed by atoms with Crippen LogP contribution >= 0.6 is 0 Å². The van der Waals surface area contributed by atoms with E-state index in [-0.39, 0.29) is 5.78 Å². The van der Waals surface area contributed by atoms with Gasteiger partial charge in [-0.25, -0.2) is 4.98 Å². The molecule has 3 aliphatic rings. The minimum atomic E-state index is 0.134. The van der Waals surface area contributed by atoms with Gasteiger partial charge < -0.3 is 14.5 Å². The molecule has 0 N–H and O–H groups in total. The van der Waals surface area contributed by atoms with Crippen LogP contribution in [0.25, 0.3) is 0 Å². The summed E-state index contributed by atoms with van der Waals surface area (Å²) in [6.07, 6.45) is 7.95. The Kier molecular flexibility index (Phi) is 5.96. The minimum absolute atomic E-state index is 0.134. The largest absolute Gasteiger partial charge is 0.497 e. The Morgan fingerprint density at radius 3 is 2.78 bits per heavy atom. The van der Waals surface area contributed by atoms with Crippen LogP contribution in [0.4, 0.5) is 11.5 Å². The van der Waals surface area contributed by atoms with Gasteiger partial charge in [-0.1, -0.05) is 6.92 Å². The van der Waals surface area contributed by atoms with Crippen molar-refractivity contribution in [2.45, 2.75) is 51.5 Å². The van der Waals surface area contributed by atoms with Crippen LogP contribution < -0.4 is 9.64 Å². The van der Waals surface area contributed by atoms with E-state index in [1.165, 1.54) is 38.8 Å². The summed E-state index contributed by atoms with van der Waals surface area (Å²) in [6, 6.07) is 8.34. The van der Waals surface area contributed by atoms with Gasteiger partial charge in [0.2, 0.25) is 0 Å². The average molecular weight is 433 g/mol. The lowest BCUT2D eigenvalue weighted by atomic mass is 9.91. The van der Waals surface area contributed by atoms with Gasteiger partial charge in [-0.05, 0) is 69.0 Å². The number of fused-ring (bicyclic) bond motifs is 1. The molecule has 0 spiro atoms. The number of aliphatic imine (C=N–C) groups is 1. The van der Waals surface area contributed by atoms with Gasteiger partial charge in [-0.15, -0.1) is 0 Å². The van der Waals surface area contributed by atoms with Gasteiger partial charge in [-0.2, -0.15) is 0 Å². The number of hydrogen-bond acceptors (Lipinski definition) is 6. The predicted octanol–water partition coefficient (Wildman–Crippen LogP) is 4.42. The van der Waals surface area contributed by atoms with Crippen LogP contribution in [0.15, 0.2) is 35.5 Å². The second kappa shape index (κ2) is 9.02. The molecular weight excluding hydrogens is 400 g/mol. The van der Waals surface area contributed by atoms with Gasteiger partial charge in [0, 0.05) is 42.5 Å². The van der Waals surface area contributed by atoms with Crippen molar-refractivity contribution < 1.29 is 9.53 Å². The Balaban J connectivity index is 1.51. The van der Waals surface area contributed by atoms with Crippen molar-refractivity contribution in [3.05, 3.63) is 47.2 Å². The topological polar surface area (TPSA) is 58.0 Å². The van der Waals surface area contributed by atoms with E-state index >= 15 is 0 Å². The van der Waals surface area contributed by atoms with Crippen LogP contribution in [0.5, 0.6) is 5.75 Å². The van der Waals surface area contributed by atoms with Crippen molar-refractivity contribution in [2.24, 2.45) is 4.99 Å². The molecule has 1 aromatic heterocycles. The molecule has 4 heterocycles. The smallest absolute Gasteiger partial charge is 0.171 e. The van der Waals surface area contributed by atoms with Gasteiger partial charge in [0.1, 0.15) is 11.6 Å². The second-order valence-corrected chi connectivity index (χ2v) is 9.06. The number of aromatic nitrogens is 1. The van der Waals surface area contributed by atoms with Crippen LogP contribution in [-0.2, 0) is 6.42 Å². The van der Waals surface area contributed by atoms with Crippen molar-refractivity contribution >= 4 is 23.0 Å². The molecule has 5 rings (SSSR count). The van der Waals surface area contributed by atoms with E-state index in [0.29, 0.717) is 12.5 Å². The molecule has 1 atom stereocenters. The highest BCUT2D eigenvalue weighted by molar-refractivity contribution is 6.22. The Morgan fingerprint density at radius 2 is 2.00 bits per heavy atom. The minimum Gasteiger partial charge on any atom is -0.497 e. The maximum Gasteiger partial charge on any atom is 0.171 e. The van der Waals surface area contributed by atoms with E-state index in [2.05, 4.69) is 22.8 Å². The summed E-state index contributed by atoms with van der Waals surface area (Å²) in [4.78, 5) is 28.0. The molecule has 32 heavy (non-hydrogen) atoms. The first-order valence-electron chi connectivity index (χ1n) is 11.9. The molecule has 0 aliphatic carbocycles. The van der Waals surface area contributed by atoms with Gasteiger partial charge in [-0.3, -0.25) is 9.79 Å². The quantitative estimate of drug-likeness (QED) is 0.676. The van der Waals surface area contributed by atoms with Crippen molar-refractivity contribution in [1.82, 2.24) is 9.88 Å². The summed E-state index contributed by atoms with van der Waals surface area (Å²) >= 11 is 0. The fourth-order valence-electron chi connectivity index (χ4n) is 5.46. The number of pyridine rings is 1. The van der Waals surface area contributed by atoms with Gasteiger partial charge in [0.15, 0.2) is 5.78 Å². The zero-order chi connectivity index (χ0) is 22.1. The summed E-state index contributed by atoms with van der Waals surface area (Å²) in [5.41, 5.74) is 4.27. The Hall–Kier alpha value is -2.73. The van der Waals surface area contributed by atoms with Gasteiger partial charge in [0.05, 0.1) is 24.9 Å². The molecule has 6 nitrogen and oxygen atoms in total. The molecule has 168 valence electrons. The number of Topliss-reactive ketones (excluding diaryl/α,β-unsaturated/α-hetero) is 1. The molecule has 2 saturated heterocycles.